The molecule has 1 aliphatic rings. The van der Waals surface area contributed by atoms with Gasteiger partial charge in [-0.2, -0.15) is 0 Å². The van der Waals surface area contributed by atoms with Crippen LogP contribution in [0, 0.1) is 11.3 Å². The predicted molar refractivity (Wildman–Crippen MR) is 85.1 cm³/mol. The van der Waals surface area contributed by atoms with E-state index in [2.05, 4.69) is 51.6 Å². The first-order chi connectivity index (χ1) is 9.45. The van der Waals surface area contributed by atoms with E-state index in [1.54, 1.807) is 0 Å². The Morgan fingerprint density at radius 2 is 1.95 bits per heavy atom. The number of anilines is 1. The van der Waals surface area contributed by atoms with Crippen LogP contribution >= 0.6 is 15.9 Å². The van der Waals surface area contributed by atoms with Crippen molar-refractivity contribution in [3.63, 3.8) is 0 Å². The molecule has 3 heterocycles. The molecule has 108 valence electrons. The first-order valence-corrected chi connectivity index (χ1v) is 7.98. The highest BCUT2D eigenvalue weighted by atomic mass is 79.9. The number of aromatic nitrogens is 3. The van der Waals surface area contributed by atoms with E-state index in [-0.39, 0.29) is 0 Å². The minimum Gasteiger partial charge on any atom is -0.353 e. The predicted octanol–water partition coefficient (Wildman–Crippen LogP) is 3.75. The van der Waals surface area contributed by atoms with Gasteiger partial charge < -0.3 is 9.30 Å². The fourth-order valence-corrected chi connectivity index (χ4v) is 3.44. The van der Waals surface area contributed by atoms with Crippen LogP contribution in [-0.4, -0.2) is 27.5 Å². The second-order valence-corrected chi connectivity index (χ2v) is 7.49. The Morgan fingerprint density at radius 3 is 2.60 bits per heavy atom. The Balaban J connectivity index is 1.85. The summed E-state index contributed by atoms with van der Waals surface area (Å²) in [7, 11) is 0. The number of piperidine rings is 1. The van der Waals surface area contributed by atoms with Crippen molar-refractivity contribution in [1.82, 2.24) is 14.4 Å². The summed E-state index contributed by atoms with van der Waals surface area (Å²) in [4.78, 5) is 11.5. The van der Waals surface area contributed by atoms with E-state index in [0.717, 1.165) is 35.1 Å². The summed E-state index contributed by atoms with van der Waals surface area (Å²) in [6.07, 6.45) is 8.20. The number of fused-ring (bicyclic) bond motifs is 1. The summed E-state index contributed by atoms with van der Waals surface area (Å²) in [5.41, 5.74) is 1.35. The Labute approximate surface area is 128 Å². The first-order valence-electron chi connectivity index (χ1n) is 7.19. The molecule has 2 aromatic heterocycles. The van der Waals surface area contributed by atoms with Crippen LogP contribution in [0.3, 0.4) is 0 Å². The van der Waals surface area contributed by atoms with Crippen molar-refractivity contribution in [2.45, 2.75) is 33.6 Å². The Bertz CT molecular complexity index is 606. The van der Waals surface area contributed by atoms with Gasteiger partial charge in [0.15, 0.2) is 11.5 Å². The van der Waals surface area contributed by atoms with Gasteiger partial charge in [-0.15, -0.1) is 0 Å². The Kier molecular flexibility index (Phi) is 3.48. The molecule has 5 heteroatoms. The molecule has 0 amide bonds. The minimum atomic E-state index is 0.402. The van der Waals surface area contributed by atoms with Crippen LogP contribution in [0.25, 0.3) is 5.65 Å². The SMILES string of the molecule is CC(C)(C)C1CCN(c2nc(Br)cn3ccnc23)CC1. The van der Waals surface area contributed by atoms with Gasteiger partial charge in [-0.05, 0) is 40.1 Å². The fourth-order valence-electron chi connectivity index (χ4n) is 3.05. The zero-order valence-electron chi connectivity index (χ0n) is 12.3. The smallest absolute Gasteiger partial charge is 0.180 e. The molecule has 0 N–H and O–H groups in total. The molecule has 1 fully saturated rings. The molecule has 4 nitrogen and oxygen atoms in total. The van der Waals surface area contributed by atoms with Crippen LogP contribution in [-0.2, 0) is 0 Å². The third-order valence-electron chi connectivity index (χ3n) is 4.35. The van der Waals surface area contributed by atoms with Gasteiger partial charge in [-0.3, -0.25) is 0 Å². The summed E-state index contributed by atoms with van der Waals surface area (Å²) < 4.78 is 2.89. The molecule has 0 saturated carbocycles. The number of nitrogens with zero attached hydrogens (tertiary/aromatic N) is 4. The first kappa shape index (κ1) is 13.9. The lowest BCUT2D eigenvalue weighted by molar-refractivity contribution is 0.199. The van der Waals surface area contributed by atoms with Crippen LogP contribution < -0.4 is 4.90 Å². The van der Waals surface area contributed by atoms with Crippen molar-refractivity contribution < 1.29 is 0 Å². The van der Waals surface area contributed by atoms with Gasteiger partial charge in [0.25, 0.3) is 0 Å². The molecule has 0 aromatic carbocycles. The molecule has 0 spiro atoms. The molecule has 2 aromatic rings. The van der Waals surface area contributed by atoms with E-state index in [1.807, 2.05) is 23.0 Å². The van der Waals surface area contributed by atoms with E-state index in [4.69, 9.17) is 0 Å². The van der Waals surface area contributed by atoms with Crippen LogP contribution in [0.5, 0.6) is 0 Å². The average Bonchev–Trinajstić information content (AvgIpc) is 2.85. The number of rotatable bonds is 1. The lowest BCUT2D eigenvalue weighted by Gasteiger charge is -2.39. The summed E-state index contributed by atoms with van der Waals surface area (Å²) in [5.74, 6) is 1.79. The maximum Gasteiger partial charge on any atom is 0.180 e. The van der Waals surface area contributed by atoms with Crippen LogP contribution in [0.1, 0.15) is 33.6 Å². The lowest BCUT2D eigenvalue weighted by atomic mass is 9.75. The van der Waals surface area contributed by atoms with Gasteiger partial charge in [-0.1, -0.05) is 20.8 Å². The molecular weight excluding hydrogens is 316 g/mol. The van der Waals surface area contributed by atoms with Gasteiger partial charge in [0.1, 0.15) is 4.60 Å². The van der Waals surface area contributed by atoms with Crippen molar-refractivity contribution in [3.8, 4) is 0 Å². The van der Waals surface area contributed by atoms with Gasteiger partial charge >= 0.3 is 0 Å². The van der Waals surface area contributed by atoms with E-state index in [1.165, 1.54) is 12.8 Å². The van der Waals surface area contributed by atoms with Crippen molar-refractivity contribution in [3.05, 3.63) is 23.2 Å². The van der Waals surface area contributed by atoms with Gasteiger partial charge in [0, 0.05) is 31.7 Å². The lowest BCUT2D eigenvalue weighted by Crippen LogP contribution is -2.38. The number of imidazole rings is 1. The second kappa shape index (κ2) is 5.02. The van der Waals surface area contributed by atoms with Crippen molar-refractivity contribution >= 4 is 27.4 Å². The van der Waals surface area contributed by atoms with E-state index >= 15 is 0 Å². The number of halogens is 1. The molecule has 0 aliphatic carbocycles. The van der Waals surface area contributed by atoms with E-state index < -0.39 is 0 Å². The Hall–Kier alpha value is -1.10. The largest absolute Gasteiger partial charge is 0.353 e. The molecule has 0 unspecified atom stereocenters. The topological polar surface area (TPSA) is 33.4 Å². The zero-order valence-corrected chi connectivity index (χ0v) is 13.9. The van der Waals surface area contributed by atoms with Crippen LogP contribution in [0.2, 0.25) is 0 Å². The summed E-state index contributed by atoms with van der Waals surface area (Å²) in [6.45, 7) is 9.16. The molecule has 1 aliphatic heterocycles. The van der Waals surface area contributed by atoms with Gasteiger partial charge in [-0.25, -0.2) is 9.97 Å². The minimum absolute atomic E-state index is 0.402. The maximum absolute atomic E-state index is 4.64. The molecule has 0 atom stereocenters. The third kappa shape index (κ3) is 2.55. The van der Waals surface area contributed by atoms with E-state index in [9.17, 15) is 0 Å². The molecular formula is C15H21BrN4. The summed E-state index contributed by atoms with van der Waals surface area (Å²) >= 11 is 3.49. The highest BCUT2D eigenvalue weighted by Crippen LogP contribution is 2.35. The normalized spacial score (nSPS) is 17.9. The summed E-state index contributed by atoms with van der Waals surface area (Å²) in [5, 5.41) is 0. The van der Waals surface area contributed by atoms with Gasteiger partial charge in [0.05, 0.1) is 0 Å². The zero-order chi connectivity index (χ0) is 14.3. The van der Waals surface area contributed by atoms with E-state index in [0.29, 0.717) is 5.41 Å². The second-order valence-electron chi connectivity index (χ2n) is 6.67. The fraction of sp³-hybridized carbons (Fsp3) is 0.600. The quantitative estimate of drug-likeness (QED) is 0.795. The number of hydrogen-bond acceptors (Lipinski definition) is 3. The van der Waals surface area contributed by atoms with Crippen molar-refractivity contribution in [2.75, 3.05) is 18.0 Å². The third-order valence-corrected chi connectivity index (χ3v) is 4.73. The maximum atomic E-state index is 4.64. The molecule has 1 saturated heterocycles. The number of hydrogen-bond donors (Lipinski definition) is 0. The molecule has 20 heavy (non-hydrogen) atoms. The molecule has 0 bridgehead atoms. The highest BCUT2D eigenvalue weighted by molar-refractivity contribution is 9.10. The summed E-state index contributed by atoms with van der Waals surface area (Å²) in [6, 6.07) is 0. The average molecular weight is 337 g/mol. The molecule has 3 rings (SSSR count). The van der Waals surface area contributed by atoms with Crippen molar-refractivity contribution in [1.29, 1.82) is 0 Å². The van der Waals surface area contributed by atoms with Crippen LogP contribution in [0.4, 0.5) is 5.82 Å². The standard InChI is InChI=1S/C15H21BrN4/c1-15(2,3)11-4-7-19(8-5-11)14-13-17-6-9-20(13)10-12(16)18-14/h6,9-11H,4-5,7-8H2,1-3H3. The van der Waals surface area contributed by atoms with Crippen molar-refractivity contribution in [2.24, 2.45) is 11.3 Å². The monoisotopic (exact) mass is 336 g/mol. The highest BCUT2D eigenvalue weighted by Gasteiger charge is 2.30. The molecule has 0 radical (unpaired) electrons. The van der Waals surface area contributed by atoms with Crippen LogP contribution in [0.15, 0.2) is 23.2 Å². The Morgan fingerprint density at radius 1 is 1.25 bits per heavy atom. The van der Waals surface area contributed by atoms with Gasteiger partial charge in [0.2, 0.25) is 0 Å².